The molecular weight excluding hydrogens is 272 g/mol. The number of allylic oxidation sites excluding steroid dienone is 3. The monoisotopic (exact) mass is 298 g/mol. The van der Waals surface area contributed by atoms with Gasteiger partial charge in [-0.05, 0) is 24.2 Å². The van der Waals surface area contributed by atoms with Crippen molar-refractivity contribution in [2.24, 2.45) is 5.92 Å². The molecule has 0 spiro atoms. The number of thioether (sulfide) groups is 1. The Morgan fingerprint density at radius 3 is 2.65 bits per heavy atom. The van der Waals surface area contributed by atoms with Gasteiger partial charge in [0.15, 0.2) is 5.78 Å². The second kappa shape index (κ2) is 9.11. The zero-order chi connectivity index (χ0) is 15.0. The fraction of sp³-hybridized carbons (Fsp3) is 0.688. The first-order valence-corrected chi connectivity index (χ1v) is 8.47. The first kappa shape index (κ1) is 17.2. The summed E-state index contributed by atoms with van der Waals surface area (Å²) in [7, 11) is 3.27. The Labute approximate surface area is 126 Å². The summed E-state index contributed by atoms with van der Waals surface area (Å²) >= 11 is 1.90. The molecule has 1 rings (SSSR count). The number of ether oxygens (including phenoxy) is 2. The molecule has 0 fully saturated rings. The van der Waals surface area contributed by atoms with Gasteiger partial charge in [-0.15, -0.1) is 0 Å². The van der Waals surface area contributed by atoms with Crippen LogP contribution in [0.2, 0.25) is 0 Å². The van der Waals surface area contributed by atoms with Gasteiger partial charge in [-0.1, -0.05) is 20.3 Å². The fourth-order valence-electron chi connectivity index (χ4n) is 2.32. The summed E-state index contributed by atoms with van der Waals surface area (Å²) in [5, 5.41) is 0. The molecule has 0 aromatic carbocycles. The Balaban J connectivity index is 2.91. The Hall–Kier alpha value is -0.900. The van der Waals surface area contributed by atoms with Crippen molar-refractivity contribution in [3.8, 4) is 0 Å². The van der Waals surface area contributed by atoms with Gasteiger partial charge in [0.2, 0.25) is 0 Å². The highest BCUT2D eigenvalue weighted by Gasteiger charge is 2.28. The van der Waals surface area contributed by atoms with E-state index in [1.807, 2.05) is 11.8 Å². The lowest BCUT2D eigenvalue weighted by molar-refractivity contribution is -0.116. The van der Waals surface area contributed by atoms with Crippen molar-refractivity contribution in [3.05, 3.63) is 23.2 Å². The van der Waals surface area contributed by atoms with Crippen molar-refractivity contribution in [1.82, 2.24) is 0 Å². The van der Waals surface area contributed by atoms with Crippen LogP contribution in [0.1, 0.15) is 39.5 Å². The first-order valence-electron chi connectivity index (χ1n) is 7.32. The van der Waals surface area contributed by atoms with Crippen molar-refractivity contribution in [1.29, 1.82) is 0 Å². The van der Waals surface area contributed by atoms with Gasteiger partial charge >= 0.3 is 0 Å². The molecule has 1 atom stereocenters. The van der Waals surface area contributed by atoms with E-state index in [1.54, 1.807) is 14.2 Å². The van der Waals surface area contributed by atoms with E-state index in [4.69, 9.17) is 9.47 Å². The van der Waals surface area contributed by atoms with Crippen molar-refractivity contribution < 1.29 is 14.3 Å². The van der Waals surface area contributed by atoms with Gasteiger partial charge < -0.3 is 9.47 Å². The minimum atomic E-state index is 0.137. The molecule has 1 aliphatic rings. The van der Waals surface area contributed by atoms with Crippen LogP contribution >= 0.6 is 11.8 Å². The Morgan fingerprint density at radius 2 is 2.10 bits per heavy atom. The number of carbonyl (C=O) groups excluding carboxylic acids is 1. The predicted molar refractivity (Wildman–Crippen MR) is 84.8 cm³/mol. The van der Waals surface area contributed by atoms with Gasteiger partial charge in [0.05, 0.1) is 19.8 Å². The van der Waals surface area contributed by atoms with E-state index in [1.165, 1.54) is 0 Å². The zero-order valence-electron chi connectivity index (χ0n) is 13.0. The minimum absolute atomic E-state index is 0.137. The molecule has 0 aromatic rings. The SMILES string of the molecule is CCCCC(=O)C1=C(OC)CC(CSCC)C=C1OC. The summed E-state index contributed by atoms with van der Waals surface area (Å²) in [6.07, 6.45) is 5.37. The molecule has 20 heavy (non-hydrogen) atoms. The van der Waals surface area contributed by atoms with Gasteiger partial charge in [0.25, 0.3) is 0 Å². The van der Waals surface area contributed by atoms with E-state index in [0.717, 1.165) is 36.5 Å². The normalized spacial score (nSPS) is 18.8. The second-order valence-corrected chi connectivity index (χ2v) is 6.21. The lowest BCUT2D eigenvalue weighted by Gasteiger charge is -2.24. The van der Waals surface area contributed by atoms with Gasteiger partial charge in [-0.2, -0.15) is 11.8 Å². The van der Waals surface area contributed by atoms with E-state index >= 15 is 0 Å². The van der Waals surface area contributed by atoms with Crippen LogP contribution in [0.5, 0.6) is 0 Å². The molecule has 114 valence electrons. The number of methoxy groups -OCH3 is 2. The fourth-order valence-corrected chi connectivity index (χ4v) is 3.07. The van der Waals surface area contributed by atoms with Gasteiger partial charge in [0, 0.05) is 18.6 Å². The number of Topliss-reactive ketones (excluding diaryl/α,β-unsaturated/α-hetero) is 1. The lowest BCUT2D eigenvalue weighted by Crippen LogP contribution is -2.19. The van der Waals surface area contributed by atoms with E-state index < -0.39 is 0 Å². The van der Waals surface area contributed by atoms with Crippen LogP contribution in [-0.2, 0) is 14.3 Å². The average Bonchev–Trinajstić information content (AvgIpc) is 2.49. The molecule has 4 heteroatoms. The third-order valence-corrected chi connectivity index (χ3v) is 4.47. The molecule has 0 aliphatic heterocycles. The molecule has 0 saturated heterocycles. The summed E-state index contributed by atoms with van der Waals surface area (Å²) in [5.41, 5.74) is 0.654. The highest BCUT2D eigenvalue weighted by atomic mass is 32.2. The average molecular weight is 298 g/mol. The molecule has 1 unspecified atom stereocenters. The van der Waals surface area contributed by atoms with Gasteiger partial charge in [0.1, 0.15) is 11.5 Å². The van der Waals surface area contributed by atoms with Crippen molar-refractivity contribution >= 4 is 17.5 Å². The van der Waals surface area contributed by atoms with Gasteiger partial charge in [-0.25, -0.2) is 0 Å². The molecule has 0 radical (unpaired) electrons. The van der Waals surface area contributed by atoms with Crippen LogP contribution in [-0.4, -0.2) is 31.5 Å². The molecule has 0 bridgehead atoms. The minimum Gasteiger partial charge on any atom is -0.500 e. The third kappa shape index (κ3) is 4.58. The molecule has 3 nitrogen and oxygen atoms in total. The van der Waals surface area contributed by atoms with E-state index in [9.17, 15) is 4.79 Å². The second-order valence-electron chi connectivity index (χ2n) is 4.89. The number of ketones is 1. The lowest BCUT2D eigenvalue weighted by atomic mass is 9.91. The van der Waals surface area contributed by atoms with Crippen molar-refractivity contribution in [2.45, 2.75) is 39.5 Å². The van der Waals surface area contributed by atoms with E-state index in [0.29, 0.717) is 23.7 Å². The van der Waals surface area contributed by atoms with Crippen LogP contribution in [0.4, 0.5) is 0 Å². The Morgan fingerprint density at radius 1 is 1.35 bits per heavy atom. The van der Waals surface area contributed by atoms with Crippen LogP contribution in [0.15, 0.2) is 23.2 Å². The number of hydrogen-bond donors (Lipinski definition) is 0. The Kier molecular flexibility index (Phi) is 7.82. The van der Waals surface area contributed by atoms with Crippen LogP contribution in [0, 0.1) is 5.92 Å². The topological polar surface area (TPSA) is 35.5 Å². The largest absolute Gasteiger partial charge is 0.500 e. The molecule has 0 amide bonds. The molecule has 0 N–H and O–H groups in total. The summed E-state index contributed by atoms with van der Waals surface area (Å²) in [6.45, 7) is 4.24. The molecule has 0 heterocycles. The van der Waals surface area contributed by atoms with E-state index in [-0.39, 0.29) is 5.78 Å². The van der Waals surface area contributed by atoms with Crippen LogP contribution < -0.4 is 0 Å². The smallest absolute Gasteiger partial charge is 0.169 e. The summed E-state index contributed by atoms with van der Waals surface area (Å²) in [5.74, 6) is 4.13. The van der Waals surface area contributed by atoms with Crippen molar-refractivity contribution in [3.63, 3.8) is 0 Å². The number of hydrogen-bond acceptors (Lipinski definition) is 4. The number of carbonyl (C=O) groups is 1. The van der Waals surface area contributed by atoms with Gasteiger partial charge in [-0.3, -0.25) is 4.79 Å². The number of unbranched alkanes of at least 4 members (excludes halogenated alkanes) is 1. The number of rotatable bonds is 9. The zero-order valence-corrected chi connectivity index (χ0v) is 13.8. The maximum absolute atomic E-state index is 12.4. The molecular formula is C16H26O3S. The standard InChI is InChI=1S/C16H26O3S/c1-5-7-8-13(17)16-14(18-3)9-12(11-20-6-2)10-15(16)19-4/h9,12H,5-8,10-11H2,1-4H3. The van der Waals surface area contributed by atoms with E-state index in [2.05, 4.69) is 19.9 Å². The quantitative estimate of drug-likeness (QED) is 0.645. The summed E-state index contributed by atoms with van der Waals surface area (Å²) in [4.78, 5) is 12.4. The predicted octanol–water partition coefficient (Wildman–Crippen LogP) is 3.95. The highest BCUT2D eigenvalue weighted by molar-refractivity contribution is 7.99. The third-order valence-electron chi connectivity index (χ3n) is 3.40. The summed E-state index contributed by atoms with van der Waals surface area (Å²) in [6, 6.07) is 0. The maximum atomic E-state index is 12.4. The highest BCUT2D eigenvalue weighted by Crippen LogP contribution is 2.33. The summed E-state index contributed by atoms with van der Waals surface area (Å²) < 4.78 is 10.9. The van der Waals surface area contributed by atoms with Crippen LogP contribution in [0.25, 0.3) is 0 Å². The van der Waals surface area contributed by atoms with Crippen LogP contribution in [0.3, 0.4) is 0 Å². The first-order chi connectivity index (χ1) is 9.67. The molecule has 1 aliphatic carbocycles. The molecule has 0 saturated carbocycles. The maximum Gasteiger partial charge on any atom is 0.169 e. The Bertz CT molecular complexity index is 385. The molecule has 0 aromatic heterocycles. The van der Waals surface area contributed by atoms with Crippen molar-refractivity contribution in [2.75, 3.05) is 25.7 Å².